The Kier molecular flexibility index (Phi) is 6.56. The number of ether oxygens (including phenoxy) is 1. The number of anilines is 3. The van der Waals surface area contributed by atoms with Gasteiger partial charge in [0.25, 0.3) is 0 Å². The average Bonchev–Trinajstić information content (AvgIpc) is 3.81. The Hall–Kier alpha value is -3.44. The third kappa shape index (κ3) is 5.19. The van der Waals surface area contributed by atoms with Crippen molar-refractivity contribution in [2.24, 2.45) is 5.92 Å². The minimum absolute atomic E-state index is 0.185. The molecule has 6 rings (SSSR count). The van der Waals surface area contributed by atoms with Crippen molar-refractivity contribution < 1.29 is 9.53 Å². The summed E-state index contributed by atoms with van der Waals surface area (Å²) >= 11 is 0. The fourth-order valence-corrected chi connectivity index (χ4v) is 5.53. The fourth-order valence-electron chi connectivity index (χ4n) is 5.53. The summed E-state index contributed by atoms with van der Waals surface area (Å²) in [6, 6.07) is 8.36. The van der Waals surface area contributed by atoms with Crippen LogP contribution in [0.5, 0.6) is 0 Å². The number of hydrogen-bond acceptors (Lipinski definition) is 7. The molecule has 4 heterocycles. The van der Waals surface area contributed by atoms with Gasteiger partial charge in [-0.15, -0.1) is 0 Å². The predicted octanol–water partition coefficient (Wildman–Crippen LogP) is 4.61. The van der Waals surface area contributed by atoms with Gasteiger partial charge >= 0.3 is 0 Å². The van der Waals surface area contributed by atoms with Gasteiger partial charge in [0.05, 0.1) is 29.1 Å². The summed E-state index contributed by atoms with van der Waals surface area (Å²) in [4.78, 5) is 27.0. The topological polar surface area (TPSA) is 94.4 Å². The van der Waals surface area contributed by atoms with E-state index in [1.54, 1.807) is 12.3 Å². The zero-order valence-electron chi connectivity index (χ0n) is 21.2. The zero-order valence-corrected chi connectivity index (χ0v) is 21.2. The summed E-state index contributed by atoms with van der Waals surface area (Å²) in [5.41, 5.74) is 3.39. The molecule has 2 saturated carbocycles. The van der Waals surface area contributed by atoms with Crippen LogP contribution in [0.1, 0.15) is 67.7 Å². The number of carbonyl (C=O) groups excluding carboxylic acids is 1. The summed E-state index contributed by atoms with van der Waals surface area (Å²) < 4.78 is 5.52. The van der Waals surface area contributed by atoms with E-state index in [9.17, 15) is 10.1 Å². The minimum atomic E-state index is 0.185. The van der Waals surface area contributed by atoms with Crippen molar-refractivity contribution in [1.82, 2.24) is 14.9 Å². The second kappa shape index (κ2) is 10.1. The molecule has 1 N–H and O–H groups in total. The number of nitrogens with zero attached hydrogens (tertiary/aromatic N) is 5. The molecule has 1 unspecified atom stereocenters. The second-order valence-corrected chi connectivity index (χ2v) is 10.7. The average molecular weight is 499 g/mol. The largest absolute Gasteiger partial charge is 0.378 e. The van der Waals surface area contributed by atoms with E-state index in [0.29, 0.717) is 42.7 Å². The Morgan fingerprint density at radius 3 is 2.76 bits per heavy atom. The van der Waals surface area contributed by atoms with Crippen molar-refractivity contribution in [1.29, 1.82) is 5.26 Å². The Bertz CT molecular complexity index is 1230. The van der Waals surface area contributed by atoms with E-state index in [1.807, 2.05) is 18.2 Å². The first-order chi connectivity index (χ1) is 18.1. The zero-order chi connectivity index (χ0) is 25.4. The van der Waals surface area contributed by atoms with Gasteiger partial charge in [-0.3, -0.25) is 4.79 Å². The normalized spacial score (nSPS) is 23.2. The van der Waals surface area contributed by atoms with E-state index in [2.05, 4.69) is 32.7 Å². The van der Waals surface area contributed by atoms with Gasteiger partial charge in [0.15, 0.2) is 0 Å². The molecule has 2 aromatic rings. The van der Waals surface area contributed by atoms with Crippen LogP contribution in [0.15, 0.2) is 31.0 Å². The first-order valence-corrected chi connectivity index (χ1v) is 13.6. The van der Waals surface area contributed by atoms with Crippen LogP contribution >= 0.6 is 0 Å². The fraction of sp³-hybridized carbons (Fsp3) is 0.517. The van der Waals surface area contributed by atoms with Crippen molar-refractivity contribution in [3.63, 3.8) is 0 Å². The molecule has 4 fully saturated rings. The van der Waals surface area contributed by atoms with Gasteiger partial charge in [-0.05, 0) is 68.2 Å². The standard InChI is InChI=1S/C29H34N6O2/c1-2-19-9-11-31-26(15-19)32-24-16-22(17-30)29(33-28(24)21-5-6-21)34-12-13-35(25(18-34)20-3-4-20)27(36)8-7-23-10-14-37-23/h2,9,11,15-16,20-21,23,25H,1,3-8,10,12-14,18H2,(H,31,32)/t23?,25-/m0/s1. The van der Waals surface area contributed by atoms with Crippen molar-refractivity contribution in [3.8, 4) is 6.07 Å². The SMILES string of the molecule is C=Cc1ccnc(Nc2cc(C#N)c(N3CCN(C(=O)CCC4CCO4)[C@H](C4CC4)C3)nc2C2CC2)c1. The van der Waals surface area contributed by atoms with E-state index in [-0.39, 0.29) is 18.1 Å². The number of carbonyl (C=O) groups is 1. The molecule has 0 aromatic carbocycles. The summed E-state index contributed by atoms with van der Waals surface area (Å²) in [5, 5.41) is 13.5. The molecular formula is C29H34N6O2. The van der Waals surface area contributed by atoms with Crippen molar-refractivity contribution >= 4 is 29.3 Å². The predicted molar refractivity (Wildman–Crippen MR) is 143 cm³/mol. The molecule has 2 aliphatic carbocycles. The number of amides is 1. The van der Waals surface area contributed by atoms with Crippen LogP contribution in [0.3, 0.4) is 0 Å². The molecule has 8 nitrogen and oxygen atoms in total. The van der Waals surface area contributed by atoms with Gasteiger partial charge in [-0.1, -0.05) is 12.7 Å². The molecule has 2 aromatic heterocycles. The molecule has 2 saturated heterocycles. The Morgan fingerprint density at radius 1 is 1.24 bits per heavy atom. The molecule has 4 aliphatic rings. The minimum Gasteiger partial charge on any atom is -0.378 e. The highest BCUT2D eigenvalue weighted by molar-refractivity contribution is 5.77. The summed E-state index contributed by atoms with van der Waals surface area (Å²) in [6.07, 6.45) is 10.8. The lowest BCUT2D eigenvalue weighted by Gasteiger charge is -2.43. The maximum atomic E-state index is 13.1. The van der Waals surface area contributed by atoms with Gasteiger partial charge in [0.1, 0.15) is 17.7 Å². The highest BCUT2D eigenvalue weighted by Gasteiger charge is 2.42. The van der Waals surface area contributed by atoms with Crippen LogP contribution < -0.4 is 10.2 Å². The number of rotatable bonds is 9. The van der Waals surface area contributed by atoms with Crippen LogP contribution in [0, 0.1) is 17.2 Å². The molecule has 0 radical (unpaired) electrons. The molecule has 2 aliphatic heterocycles. The van der Waals surface area contributed by atoms with Crippen LogP contribution in [0.2, 0.25) is 0 Å². The van der Waals surface area contributed by atoms with E-state index >= 15 is 0 Å². The molecule has 192 valence electrons. The van der Waals surface area contributed by atoms with Crippen molar-refractivity contribution in [2.45, 2.75) is 63.0 Å². The van der Waals surface area contributed by atoms with Gasteiger partial charge in [0.2, 0.25) is 5.91 Å². The molecule has 8 heteroatoms. The van der Waals surface area contributed by atoms with Crippen LogP contribution in [0.25, 0.3) is 6.08 Å². The van der Waals surface area contributed by atoms with Gasteiger partial charge in [0, 0.05) is 44.8 Å². The number of pyridine rings is 2. The summed E-state index contributed by atoms with van der Waals surface area (Å²) in [6.45, 7) is 6.77. The number of nitrogens with one attached hydrogen (secondary N) is 1. The number of aromatic nitrogens is 2. The Morgan fingerprint density at radius 2 is 2.08 bits per heavy atom. The molecule has 1 amide bonds. The van der Waals surface area contributed by atoms with Gasteiger partial charge in [-0.2, -0.15) is 5.26 Å². The quantitative estimate of drug-likeness (QED) is 0.540. The maximum Gasteiger partial charge on any atom is 0.223 e. The van der Waals surface area contributed by atoms with Crippen molar-refractivity contribution in [3.05, 3.63) is 47.8 Å². The van der Waals surface area contributed by atoms with E-state index in [4.69, 9.17) is 9.72 Å². The number of hydrogen-bond donors (Lipinski definition) is 1. The van der Waals surface area contributed by atoms with Gasteiger partial charge < -0.3 is 19.9 Å². The molecule has 37 heavy (non-hydrogen) atoms. The summed E-state index contributed by atoms with van der Waals surface area (Å²) in [5.74, 6) is 2.65. The first kappa shape index (κ1) is 23.9. The second-order valence-electron chi connectivity index (χ2n) is 10.7. The number of nitriles is 1. The third-order valence-electron chi connectivity index (χ3n) is 8.08. The summed E-state index contributed by atoms with van der Waals surface area (Å²) in [7, 11) is 0. The first-order valence-electron chi connectivity index (χ1n) is 13.6. The number of piperazine rings is 1. The van der Waals surface area contributed by atoms with Crippen molar-refractivity contribution in [2.75, 3.05) is 36.5 Å². The monoisotopic (exact) mass is 498 g/mol. The molecule has 0 bridgehead atoms. The highest BCUT2D eigenvalue weighted by Crippen LogP contribution is 2.45. The van der Waals surface area contributed by atoms with Crippen LogP contribution in [0.4, 0.5) is 17.3 Å². The highest BCUT2D eigenvalue weighted by atomic mass is 16.5. The lowest BCUT2D eigenvalue weighted by atomic mass is 10.0. The maximum absolute atomic E-state index is 13.1. The lowest BCUT2D eigenvalue weighted by molar-refractivity contribution is -0.136. The van der Waals surface area contributed by atoms with E-state index in [1.165, 1.54) is 12.8 Å². The Balaban J connectivity index is 1.23. The van der Waals surface area contributed by atoms with E-state index in [0.717, 1.165) is 61.6 Å². The van der Waals surface area contributed by atoms with Crippen LogP contribution in [-0.2, 0) is 9.53 Å². The van der Waals surface area contributed by atoms with E-state index < -0.39 is 0 Å². The van der Waals surface area contributed by atoms with Crippen LogP contribution in [-0.4, -0.2) is 59.2 Å². The Labute approximate surface area is 218 Å². The third-order valence-corrected chi connectivity index (χ3v) is 8.08. The van der Waals surface area contributed by atoms with Gasteiger partial charge in [-0.25, -0.2) is 9.97 Å². The molecule has 2 atom stereocenters. The molecule has 0 spiro atoms. The smallest absolute Gasteiger partial charge is 0.223 e. The lowest BCUT2D eigenvalue weighted by Crippen LogP contribution is -2.56. The molecular weight excluding hydrogens is 464 g/mol.